The van der Waals surface area contributed by atoms with Crippen LogP contribution >= 0.6 is 0 Å². The highest BCUT2D eigenvalue weighted by atomic mass is 19.4. The summed E-state index contributed by atoms with van der Waals surface area (Å²) in [6, 6.07) is 5.19. The van der Waals surface area contributed by atoms with Crippen LogP contribution in [0.2, 0.25) is 0 Å². The lowest BCUT2D eigenvalue weighted by atomic mass is 10.1. The quantitative estimate of drug-likeness (QED) is 0.531. The lowest BCUT2D eigenvalue weighted by Gasteiger charge is -2.14. The van der Waals surface area contributed by atoms with Crippen molar-refractivity contribution in [3.63, 3.8) is 0 Å². The molecule has 0 amide bonds. The molecule has 3 aromatic rings. The fourth-order valence-electron chi connectivity index (χ4n) is 2.47. The normalized spacial score (nSPS) is 11.7. The van der Waals surface area contributed by atoms with E-state index in [4.69, 9.17) is 0 Å². The van der Waals surface area contributed by atoms with Crippen LogP contribution in [0.5, 0.6) is 0 Å². The monoisotopic (exact) mass is 353 g/mol. The highest BCUT2D eigenvalue weighted by Crippen LogP contribution is 2.35. The number of fused-ring (bicyclic) bond motifs is 1. The van der Waals surface area contributed by atoms with E-state index in [1.165, 1.54) is 31.3 Å². The molecule has 0 aliphatic rings. The van der Waals surface area contributed by atoms with E-state index in [-0.39, 0.29) is 23.2 Å². The average Bonchev–Trinajstić information content (AvgIpc) is 3.00. The maximum atomic E-state index is 13.9. The second-order valence-corrected chi connectivity index (χ2v) is 5.00. The summed E-state index contributed by atoms with van der Waals surface area (Å²) in [5.74, 6) is -1.81. The first kappa shape index (κ1) is 16.9. The van der Waals surface area contributed by atoms with Gasteiger partial charge in [-0.05, 0) is 19.1 Å². The van der Waals surface area contributed by atoms with Gasteiger partial charge in [-0.3, -0.25) is 4.98 Å². The zero-order valence-electron chi connectivity index (χ0n) is 12.8. The van der Waals surface area contributed by atoms with E-state index in [0.717, 1.165) is 12.3 Å². The molecule has 0 aliphatic carbocycles. The summed E-state index contributed by atoms with van der Waals surface area (Å²) in [4.78, 5) is 15.7. The molecule has 0 unspecified atom stereocenters. The largest absolute Gasteiger partial charge is 0.462 e. The standard InChI is InChI=1S/C16H11F4N3O2/c1-2-25-15(24)10-8-22-23(14(10)16(18,19)20)12-6-7-21-13-9(12)4-3-5-11(13)17/h3-8H,2H2,1H3. The van der Waals surface area contributed by atoms with Crippen molar-refractivity contribution in [2.75, 3.05) is 6.61 Å². The third kappa shape index (κ3) is 2.92. The summed E-state index contributed by atoms with van der Waals surface area (Å²) in [5, 5.41) is 3.81. The molecule has 5 nitrogen and oxygen atoms in total. The van der Waals surface area contributed by atoms with Gasteiger partial charge in [-0.25, -0.2) is 13.9 Å². The molecule has 0 fully saturated rings. The molecule has 0 bridgehead atoms. The van der Waals surface area contributed by atoms with E-state index >= 15 is 0 Å². The Morgan fingerprint density at radius 1 is 1.28 bits per heavy atom. The highest BCUT2D eigenvalue weighted by Gasteiger charge is 2.41. The van der Waals surface area contributed by atoms with Gasteiger partial charge in [0.25, 0.3) is 0 Å². The molecule has 0 saturated heterocycles. The second kappa shape index (κ2) is 6.15. The molecule has 0 saturated carbocycles. The van der Waals surface area contributed by atoms with Crippen LogP contribution in [0, 0.1) is 5.82 Å². The Morgan fingerprint density at radius 2 is 2.04 bits per heavy atom. The summed E-state index contributed by atoms with van der Waals surface area (Å²) in [6.45, 7) is 1.40. The number of carbonyl (C=O) groups is 1. The van der Waals surface area contributed by atoms with Gasteiger partial charge >= 0.3 is 12.1 Å². The van der Waals surface area contributed by atoms with E-state index in [2.05, 4.69) is 14.8 Å². The average molecular weight is 353 g/mol. The summed E-state index contributed by atoms with van der Waals surface area (Å²) >= 11 is 0. The van der Waals surface area contributed by atoms with E-state index in [1.54, 1.807) is 0 Å². The van der Waals surface area contributed by atoms with E-state index in [9.17, 15) is 22.4 Å². The van der Waals surface area contributed by atoms with Crippen LogP contribution in [-0.2, 0) is 10.9 Å². The van der Waals surface area contributed by atoms with Gasteiger partial charge in [-0.15, -0.1) is 0 Å². The lowest BCUT2D eigenvalue weighted by molar-refractivity contribution is -0.143. The van der Waals surface area contributed by atoms with Crippen LogP contribution in [0.25, 0.3) is 16.6 Å². The molecular formula is C16H11F4N3O2. The number of hydrogen-bond donors (Lipinski definition) is 0. The third-order valence-corrected chi connectivity index (χ3v) is 3.46. The number of aromatic nitrogens is 3. The second-order valence-electron chi connectivity index (χ2n) is 5.00. The van der Waals surface area contributed by atoms with Crippen molar-refractivity contribution in [3.05, 3.63) is 53.7 Å². The zero-order chi connectivity index (χ0) is 18.2. The van der Waals surface area contributed by atoms with Crippen LogP contribution in [-0.4, -0.2) is 27.3 Å². The van der Waals surface area contributed by atoms with Gasteiger partial charge in [0.2, 0.25) is 0 Å². The molecule has 25 heavy (non-hydrogen) atoms. The number of halogens is 4. The Bertz CT molecular complexity index is 950. The number of pyridine rings is 1. The molecule has 2 aromatic heterocycles. The molecule has 1 aromatic carbocycles. The maximum absolute atomic E-state index is 13.9. The smallest absolute Gasteiger partial charge is 0.434 e. The van der Waals surface area contributed by atoms with Gasteiger partial charge in [0.15, 0.2) is 5.69 Å². The third-order valence-electron chi connectivity index (χ3n) is 3.46. The van der Waals surface area contributed by atoms with Gasteiger partial charge in [0.05, 0.1) is 18.5 Å². The number of ether oxygens (including phenoxy) is 1. The van der Waals surface area contributed by atoms with Crippen LogP contribution < -0.4 is 0 Å². The van der Waals surface area contributed by atoms with Crippen LogP contribution in [0.3, 0.4) is 0 Å². The number of hydrogen-bond acceptors (Lipinski definition) is 4. The SMILES string of the molecule is CCOC(=O)c1cnn(-c2ccnc3c(F)cccc23)c1C(F)(F)F. The molecule has 3 rings (SSSR count). The van der Waals surface area contributed by atoms with Gasteiger partial charge in [0, 0.05) is 11.6 Å². The number of alkyl halides is 3. The van der Waals surface area contributed by atoms with Crippen molar-refractivity contribution < 1.29 is 27.1 Å². The molecule has 0 N–H and O–H groups in total. The maximum Gasteiger partial charge on any atom is 0.434 e. The van der Waals surface area contributed by atoms with Crippen molar-refractivity contribution in [2.45, 2.75) is 13.1 Å². The van der Waals surface area contributed by atoms with E-state index in [0.29, 0.717) is 4.68 Å². The van der Waals surface area contributed by atoms with Crippen LogP contribution in [0.1, 0.15) is 23.0 Å². The van der Waals surface area contributed by atoms with Crippen molar-refractivity contribution in [2.24, 2.45) is 0 Å². The van der Waals surface area contributed by atoms with Crippen LogP contribution in [0.4, 0.5) is 17.6 Å². The van der Waals surface area contributed by atoms with Gasteiger partial charge in [0.1, 0.15) is 16.9 Å². The molecule has 0 aliphatic heterocycles. The number of benzene rings is 1. The van der Waals surface area contributed by atoms with E-state index < -0.39 is 29.2 Å². The number of esters is 1. The molecule has 9 heteroatoms. The minimum absolute atomic E-state index is 0.0487. The summed E-state index contributed by atoms with van der Waals surface area (Å²) in [7, 11) is 0. The summed E-state index contributed by atoms with van der Waals surface area (Å²) < 4.78 is 59.7. The van der Waals surface area contributed by atoms with Crippen molar-refractivity contribution >= 4 is 16.9 Å². The predicted molar refractivity (Wildman–Crippen MR) is 79.8 cm³/mol. The Morgan fingerprint density at radius 3 is 2.72 bits per heavy atom. The van der Waals surface area contributed by atoms with Crippen molar-refractivity contribution in [3.8, 4) is 5.69 Å². The molecule has 2 heterocycles. The first-order chi connectivity index (χ1) is 11.8. The Hall–Kier alpha value is -2.97. The summed E-state index contributed by atoms with van der Waals surface area (Å²) in [6.07, 6.45) is -2.92. The molecule has 0 radical (unpaired) electrons. The topological polar surface area (TPSA) is 57.0 Å². The number of rotatable bonds is 3. The zero-order valence-corrected chi connectivity index (χ0v) is 12.8. The Labute approximate surface area is 138 Å². The van der Waals surface area contributed by atoms with Crippen LogP contribution in [0.15, 0.2) is 36.7 Å². The molecular weight excluding hydrogens is 342 g/mol. The van der Waals surface area contributed by atoms with Gasteiger partial charge in [-0.1, -0.05) is 12.1 Å². The number of para-hydroxylation sites is 1. The Kier molecular flexibility index (Phi) is 4.15. The van der Waals surface area contributed by atoms with Gasteiger partial charge < -0.3 is 4.74 Å². The minimum Gasteiger partial charge on any atom is -0.462 e. The fourth-order valence-corrected chi connectivity index (χ4v) is 2.47. The first-order valence-corrected chi connectivity index (χ1v) is 7.20. The molecule has 130 valence electrons. The number of nitrogens with zero attached hydrogens (tertiary/aromatic N) is 3. The van der Waals surface area contributed by atoms with Crippen molar-refractivity contribution in [1.29, 1.82) is 0 Å². The Balaban J connectivity index is 2.29. The predicted octanol–water partition coefficient (Wildman–Crippen LogP) is 3.76. The highest BCUT2D eigenvalue weighted by molar-refractivity contribution is 5.92. The van der Waals surface area contributed by atoms with Crippen molar-refractivity contribution in [1.82, 2.24) is 14.8 Å². The van der Waals surface area contributed by atoms with Gasteiger partial charge in [-0.2, -0.15) is 18.3 Å². The molecule has 0 spiro atoms. The fraction of sp³-hybridized carbons (Fsp3) is 0.188. The van der Waals surface area contributed by atoms with E-state index in [1.807, 2.05) is 0 Å². The summed E-state index contributed by atoms with van der Waals surface area (Å²) in [5.41, 5.74) is -2.15. The first-order valence-electron chi connectivity index (χ1n) is 7.20. The minimum atomic E-state index is -4.87. The lowest BCUT2D eigenvalue weighted by Crippen LogP contribution is -2.18. The molecule has 0 atom stereocenters. The number of carbonyl (C=O) groups excluding carboxylic acids is 1.